The Morgan fingerprint density at radius 3 is 2.52 bits per heavy atom. The Kier molecular flexibility index (Phi) is 4.84. The third-order valence-electron chi connectivity index (χ3n) is 4.89. The minimum atomic E-state index is -0.595. The van der Waals surface area contributed by atoms with Crippen molar-refractivity contribution in [2.75, 3.05) is 11.9 Å². The molecular weight excluding hydrogens is 368 g/mol. The van der Waals surface area contributed by atoms with Gasteiger partial charge in [-0.2, -0.15) is 0 Å². The monoisotopic (exact) mass is 394 g/mol. The maximum absolute atomic E-state index is 12.6. The van der Waals surface area contributed by atoms with E-state index in [1.165, 1.54) is 11.3 Å². The highest BCUT2D eigenvalue weighted by molar-refractivity contribution is 7.17. The van der Waals surface area contributed by atoms with Crippen molar-refractivity contribution in [2.24, 2.45) is 17.6 Å². The third kappa shape index (κ3) is 3.73. The summed E-state index contributed by atoms with van der Waals surface area (Å²) >= 11 is 1.32. The molecule has 148 valence electrons. The van der Waals surface area contributed by atoms with Crippen LogP contribution in [0.2, 0.25) is 0 Å². The average Bonchev–Trinajstić information content (AvgIpc) is 3.22. The van der Waals surface area contributed by atoms with Crippen molar-refractivity contribution in [3.8, 4) is 0 Å². The van der Waals surface area contributed by atoms with Gasteiger partial charge in [0, 0.05) is 11.3 Å². The van der Waals surface area contributed by atoms with E-state index in [0.717, 1.165) is 10.4 Å². The Balaban J connectivity index is 1.87. The van der Waals surface area contributed by atoms with Crippen molar-refractivity contribution in [3.05, 3.63) is 16.0 Å². The fourth-order valence-corrected chi connectivity index (χ4v) is 5.13. The third-order valence-corrected chi connectivity index (χ3v) is 6.34. The number of thiophene rings is 1. The molecule has 27 heavy (non-hydrogen) atoms. The Morgan fingerprint density at radius 2 is 1.93 bits per heavy atom. The number of ether oxygens (including phenoxy) is 2. The van der Waals surface area contributed by atoms with Gasteiger partial charge in [0.1, 0.15) is 5.00 Å². The molecule has 0 aromatic carbocycles. The average molecular weight is 394 g/mol. The molecule has 1 fully saturated rings. The van der Waals surface area contributed by atoms with Gasteiger partial charge >= 0.3 is 5.97 Å². The molecule has 7 nitrogen and oxygen atoms in total. The highest BCUT2D eigenvalue weighted by Gasteiger charge is 2.50. The molecular formula is C19H26N2O5S. The highest BCUT2D eigenvalue weighted by Crippen LogP contribution is 2.49. The number of anilines is 1. The lowest BCUT2D eigenvalue weighted by Crippen LogP contribution is -2.42. The Labute approximate surface area is 162 Å². The topological polar surface area (TPSA) is 108 Å². The zero-order valence-corrected chi connectivity index (χ0v) is 17.1. The van der Waals surface area contributed by atoms with Crippen molar-refractivity contribution in [2.45, 2.75) is 58.7 Å². The summed E-state index contributed by atoms with van der Waals surface area (Å²) in [6.07, 6.45) is 0.995. The van der Waals surface area contributed by atoms with E-state index in [2.05, 4.69) is 5.32 Å². The molecule has 3 N–H and O–H groups in total. The smallest absolute Gasteiger partial charge is 0.309 e. The van der Waals surface area contributed by atoms with Gasteiger partial charge in [-0.05, 0) is 46.6 Å². The van der Waals surface area contributed by atoms with Crippen LogP contribution in [0.5, 0.6) is 0 Å². The van der Waals surface area contributed by atoms with Crippen molar-refractivity contribution >= 4 is 34.1 Å². The SMILES string of the molecule is CCOC(=O)C1CC1C(=O)Nc1sc2c(c1C(N)=O)CC(C)(C)OC2(C)C. The van der Waals surface area contributed by atoms with E-state index in [0.29, 0.717) is 23.4 Å². The van der Waals surface area contributed by atoms with Crippen LogP contribution in [0.15, 0.2) is 0 Å². The number of carbonyl (C=O) groups excluding carboxylic acids is 3. The second-order valence-corrected chi connectivity index (χ2v) is 9.24. The van der Waals surface area contributed by atoms with Gasteiger partial charge in [0.15, 0.2) is 0 Å². The minimum Gasteiger partial charge on any atom is -0.466 e. The highest BCUT2D eigenvalue weighted by atomic mass is 32.1. The van der Waals surface area contributed by atoms with Crippen LogP contribution in [0.3, 0.4) is 0 Å². The van der Waals surface area contributed by atoms with Crippen molar-refractivity contribution < 1.29 is 23.9 Å². The summed E-state index contributed by atoms with van der Waals surface area (Å²) in [5.41, 5.74) is 5.78. The lowest BCUT2D eigenvalue weighted by Gasteiger charge is -2.41. The predicted octanol–water partition coefficient (Wildman–Crippen LogP) is 2.57. The quantitative estimate of drug-likeness (QED) is 0.746. The molecule has 2 unspecified atom stereocenters. The van der Waals surface area contributed by atoms with Crippen LogP contribution < -0.4 is 11.1 Å². The molecule has 1 aliphatic heterocycles. The number of amides is 2. The first-order valence-corrected chi connectivity index (χ1v) is 9.92. The van der Waals surface area contributed by atoms with Gasteiger partial charge in [-0.25, -0.2) is 0 Å². The van der Waals surface area contributed by atoms with Crippen LogP contribution >= 0.6 is 11.3 Å². The number of hydrogen-bond acceptors (Lipinski definition) is 6. The van der Waals surface area contributed by atoms with E-state index in [1.807, 2.05) is 27.7 Å². The van der Waals surface area contributed by atoms with Crippen LogP contribution in [0, 0.1) is 11.8 Å². The van der Waals surface area contributed by atoms with Crippen molar-refractivity contribution in [1.82, 2.24) is 0 Å². The first-order chi connectivity index (χ1) is 12.5. The van der Waals surface area contributed by atoms with E-state index in [1.54, 1.807) is 6.92 Å². The fourth-order valence-electron chi connectivity index (χ4n) is 3.87. The first kappa shape index (κ1) is 19.8. The zero-order valence-electron chi connectivity index (χ0n) is 16.3. The Hall–Kier alpha value is -1.93. The van der Waals surface area contributed by atoms with E-state index in [9.17, 15) is 14.4 Å². The summed E-state index contributed by atoms with van der Waals surface area (Å²) < 4.78 is 11.1. The molecule has 1 saturated carbocycles. The fraction of sp³-hybridized carbons (Fsp3) is 0.632. The van der Waals surface area contributed by atoms with Crippen LogP contribution in [-0.4, -0.2) is 30.0 Å². The number of hydrogen-bond donors (Lipinski definition) is 2. The van der Waals surface area contributed by atoms with Gasteiger partial charge < -0.3 is 20.5 Å². The van der Waals surface area contributed by atoms with Gasteiger partial charge in [-0.1, -0.05) is 0 Å². The maximum atomic E-state index is 12.6. The van der Waals surface area contributed by atoms with Crippen LogP contribution in [-0.2, 0) is 31.1 Å². The summed E-state index contributed by atoms with van der Waals surface area (Å²) in [5.74, 6) is -2.05. The maximum Gasteiger partial charge on any atom is 0.309 e. The number of esters is 1. The molecule has 1 aliphatic carbocycles. The summed E-state index contributed by atoms with van der Waals surface area (Å²) in [4.78, 5) is 37.4. The minimum absolute atomic E-state index is 0.285. The molecule has 0 radical (unpaired) electrons. The summed E-state index contributed by atoms with van der Waals surface area (Å²) in [5, 5.41) is 3.25. The van der Waals surface area contributed by atoms with Gasteiger partial charge in [0.05, 0.1) is 35.2 Å². The van der Waals surface area contributed by atoms with Crippen LogP contribution in [0.4, 0.5) is 5.00 Å². The largest absolute Gasteiger partial charge is 0.466 e. The van der Waals surface area contributed by atoms with Crippen LogP contribution in [0.25, 0.3) is 0 Å². The molecule has 0 bridgehead atoms. The number of nitrogens with one attached hydrogen (secondary N) is 1. The van der Waals surface area contributed by atoms with Crippen LogP contribution in [0.1, 0.15) is 61.8 Å². The molecule has 0 spiro atoms. The van der Waals surface area contributed by atoms with Gasteiger partial charge in [0.2, 0.25) is 5.91 Å². The number of rotatable bonds is 5. The van der Waals surface area contributed by atoms with E-state index in [-0.39, 0.29) is 18.5 Å². The number of carbonyl (C=O) groups is 3. The van der Waals surface area contributed by atoms with Crippen molar-refractivity contribution in [3.63, 3.8) is 0 Å². The van der Waals surface area contributed by atoms with Gasteiger partial charge in [0.25, 0.3) is 5.91 Å². The van der Waals surface area contributed by atoms with Gasteiger partial charge in [-0.3, -0.25) is 14.4 Å². The molecule has 2 aliphatic rings. The Morgan fingerprint density at radius 1 is 1.26 bits per heavy atom. The van der Waals surface area contributed by atoms with E-state index in [4.69, 9.17) is 15.2 Å². The van der Waals surface area contributed by atoms with E-state index >= 15 is 0 Å². The number of primary amides is 1. The molecule has 0 saturated heterocycles. The number of fused-ring (bicyclic) bond motifs is 1. The molecule has 3 rings (SSSR count). The molecule has 1 aromatic rings. The Bertz CT molecular complexity index is 811. The molecule has 2 amide bonds. The molecule has 2 atom stereocenters. The zero-order chi connectivity index (χ0) is 20.1. The summed E-state index contributed by atoms with van der Waals surface area (Å²) in [7, 11) is 0. The molecule has 8 heteroatoms. The van der Waals surface area contributed by atoms with Gasteiger partial charge in [-0.15, -0.1) is 11.3 Å². The standard InChI is InChI=1S/C19H26N2O5S/c1-6-25-17(24)10-7-9(10)15(23)21-16-12(14(20)22)11-8-18(2,3)26-19(4,5)13(11)27-16/h9-10H,6-8H2,1-5H3,(H2,20,22)(H,21,23). The summed E-state index contributed by atoms with van der Waals surface area (Å²) in [6.45, 7) is 9.83. The number of nitrogens with two attached hydrogens (primary N) is 1. The lowest BCUT2D eigenvalue weighted by molar-refractivity contribution is -0.145. The van der Waals surface area contributed by atoms with E-state index < -0.39 is 28.9 Å². The summed E-state index contributed by atoms with van der Waals surface area (Å²) in [6, 6.07) is 0. The second kappa shape index (κ2) is 6.60. The predicted molar refractivity (Wildman–Crippen MR) is 102 cm³/mol. The lowest BCUT2D eigenvalue weighted by atomic mass is 9.86. The molecule has 2 heterocycles. The molecule has 1 aromatic heterocycles. The van der Waals surface area contributed by atoms with Crippen molar-refractivity contribution in [1.29, 1.82) is 0 Å². The first-order valence-electron chi connectivity index (χ1n) is 9.10. The normalized spacial score (nSPS) is 24.6. The second-order valence-electron chi connectivity index (χ2n) is 8.22.